The molecule has 0 amide bonds. The van der Waals surface area contributed by atoms with Gasteiger partial charge in [-0.25, -0.2) is 0 Å². The standard InChI is InChI=1S/C44H34N2/c1-6-18-33(19-7-1)34-30-31-41-42(32-34)44(46(37-24-12-4-13-25-37)38-26-14-5-15-27-38)40-29-17-16-28-39(40)43(41)45(35-20-8-2-9-21-35)36-22-10-3-11-23-36/h1-18,20-33H,19H2. The summed E-state index contributed by atoms with van der Waals surface area (Å²) in [5.74, 6) is 0.332. The maximum Gasteiger partial charge on any atom is 0.0620 e. The van der Waals surface area contributed by atoms with E-state index in [0.29, 0.717) is 5.92 Å². The minimum absolute atomic E-state index is 0.332. The third-order valence-corrected chi connectivity index (χ3v) is 8.90. The Morgan fingerprint density at radius 1 is 0.391 bits per heavy atom. The van der Waals surface area contributed by atoms with Crippen molar-refractivity contribution in [1.82, 2.24) is 0 Å². The molecular weight excluding hydrogens is 556 g/mol. The molecule has 1 aliphatic rings. The highest BCUT2D eigenvalue weighted by Crippen LogP contribution is 2.51. The van der Waals surface area contributed by atoms with Gasteiger partial charge in [-0.1, -0.05) is 133 Å². The smallest absolute Gasteiger partial charge is 0.0620 e. The maximum atomic E-state index is 2.45. The molecule has 7 aromatic carbocycles. The van der Waals surface area contributed by atoms with Gasteiger partial charge in [-0.3, -0.25) is 0 Å². The number of anilines is 6. The van der Waals surface area contributed by atoms with E-state index in [-0.39, 0.29) is 0 Å². The fourth-order valence-corrected chi connectivity index (χ4v) is 6.81. The van der Waals surface area contributed by atoms with Gasteiger partial charge in [0.25, 0.3) is 0 Å². The zero-order valence-electron chi connectivity index (χ0n) is 25.6. The van der Waals surface area contributed by atoms with Crippen molar-refractivity contribution in [2.45, 2.75) is 12.3 Å². The van der Waals surface area contributed by atoms with E-state index in [1.54, 1.807) is 0 Å². The lowest BCUT2D eigenvalue weighted by Crippen LogP contribution is -2.14. The van der Waals surface area contributed by atoms with Crippen molar-refractivity contribution in [2.75, 3.05) is 9.80 Å². The molecule has 1 atom stereocenters. The Bertz CT molecular complexity index is 2090. The van der Waals surface area contributed by atoms with Crippen LogP contribution in [0.1, 0.15) is 17.9 Å². The summed E-state index contributed by atoms with van der Waals surface area (Å²) in [6, 6.07) is 59.0. The molecule has 0 fully saturated rings. The van der Waals surface area contributed by atoms with Gasteiger partial charge in [0.05, 0.1) is 11.4 Å². The lowest BCUT2D eigenvalue weighted by molar-refractivity contribution is 0.855. The molecule has 8 rings (SSSR count). The highest BCUT2D eigenvalue weighted by molar-refractivity contribution is 6.23. The van der Waals surface area contributed by atoms with Gasteiger partial charge in [-0.15, -0.1) is 0 Å². The van der Waals surface area contributed by atoms with Crippen molar-refractivity contribution in [2.24, 2.45) is 0 Å². The Hall–Kier alpha value is -5.86. The molecule has 2 nitrogen and oxygen atoms in total. The lowest BCUT2D eigenvalue weighted by Gasteiger charge is -2.33. The van der Waals surface area contributed by atoms with Crippen molar-refractivity contribution < 1.29 is 0 Å². The Morgan fingerprint density at radius 2 is 0.804 bits per heavy atom. The summed E-state index contributed by atoms with van der Waals surface area (Å²) in [4.78, 5) is 4.86. The number of nitrogens with zero attached hydrogens (tertiary/aromatic N) is 2. The summed E-state index contributed by atoms with van der Waals surface area (Å²) in [5, 5.41) is 4.82. The van der Waals surface area contributed by atoms with Crippen LogP contribution in [0.5, 0.6) is 0 Å². The monoisotopic (exact) mass is 590 g/mol. The van der Waals surface area contributed by atoms with E-state index < -0.39 is 0 Å². The van der Waals surface area contributed by atoms with E-state index in [1.807, 2.05) is 0 Å². The average Bonchev–Trinajstić information content (AvgIpc) is 3.14. The number of benzene rings is 7. The molecule has 0 saturated carbocycles. The topological polar surface area (TPSA) is 6.48 Å². The first-order chi connectivity index (χ1) is 22.9. The van der Waals surface area contributed by atoms with Crippen molar-refractivity contribution in [3.63, 3.8) is 0 Å². The summed E-state index contributed by atoms with van der Waals surface area (Å²) in [6.45, 7) is 0. The molecule has 7 aromatic rings. The molecule has 0 aliphatic heterocycles. The Kier molecular flexibility index (Phi) is 7.38. The van der Waals surface area contributed by atoms with Gasteiger partial charge < -0.3 is 9.80 Å². The zero-order valence-corrected chi connectivity index (χ0v) is 25.6. The molecule has 46 heavy (non-hydrogen) atoms. The first kappa shape index (κ1) is 27.7. The molecule has 0 radical (unpaired) electrons. The molecular formula is C44H34N2. The van der Waals surface area contributed by atoms with Crippen LogP contribution in [0.4, 0.5) is 34.1 Å². The minimum Gasteiger partial charge on any atom is -0.309 e. The average molecular weight is 591 g/mol. The highest BCUT2D eigenvalue weighted by atomic mass is 15.2. The predicted octanol–water partition coefficient (Wildman–Crippen LogP) is 12.5. The number of para-hydroxylation sites is 4. The number of hydrogen-bond donors (Lipinski definition) is 0. The van der Waals surface area contributed by atoms with Crippen LogP contribution < -0.4 is 9.80 Å². The minimum atomic E-state index is 0.332. The zero-order chi connectivity index (χ0) is 30.7. The molecule has 0 saturated heterocycles. The number of rotatable bonds is 7. The fraction of sp³-hybridized carbons (Fsp3) is 0.0455. The number of fused-ring (bicyclic) bond motifs is 2. The Labute approximate surface area is 270 Å². The Morgan fingerprint density at radius 3 is 1.24 bits per heavy atom. The molecule has 1 aliphatic carbocycles. The van der Waals surface area contributed by atoms with Crippen LogP contribution >= 0.6 is 0 Å². The molecule has 0 spiro atoms. The molecule has 220 valence electrons. The second-order valence-corrected chi connectivity index (χ2v) is 11.7. The summed E-state index contributed by atoms with van der Waals surface area (Å²) in [6.07, 6.45) is 9.93. The van der Waals surface area contributed by atoms with E-state index in [2.05, 4.69) is 198 Å². The summed E-state index contributed by atoms with van der Waals surface area (Å²) in [5.41, 5.74) is 8.19. The first-order valence-electron chi connectivity index (χ1n) is 16.0. The van der Waals surface area contributed by atoms with Gasteiger partial charge in [-0.05, 0) is 66.6 Å². The number of hydrogen-bond acceptors (Lipinski definition) is 2. The van der Waals surface area contributed by atoms with E-state index in [0.717, 1.165) is 29.2 Å². The van der Waals surface area contributed by atoms with Crippen LogP contribution in [0, 0.1) is 0 Å². The van der Waals surface area contributed by atoms with Gasteiger partial charge in [0.1, 0.15) is 0 Å². The second-order valence-electron chi connectivity index (χ2n) is 11.7. The number of allylic oxidation sites excluding steroid dienone is 4. The second kappa shape index (κ2) is 12.3. The van der Waals surface area contributed by atoms with Gasteiger partial charge >= 0.3 is 0 Å². The molecule has 0 heterocycles. The quantitative estimate of drug-likeness (QED) is 0.135. The van der Waals surface area contributed by atoms with E-state index >= 15 is 0 Å². The molecule has 2 heteroatoms. The van der Waals surface area contributed by atoms with Crippen LogP contribution in [0.25, 0.3) is 21.5 Å². The van der Waals surface area contributed by atoms with E-state index in [4.69, 9.17) is 0 Å². The summed E-state index contributed by atoms with van der Waals surface area (Å²) >= 11 is 0. The van der Waals surface area contributed by atoms with Gasteiger partial charge in [0.15, 0.2) is 0 Å². The SMILES string of the molecule is C1=CCC(c2ccc3c(N(c4ccccc4)c4ccccc4)c4ccccc4c(N(c4ccccc4)c4ccccc4)c3c2)C=C1. The van der Waals surface area contributed by atoms with E-state index in [9.17, 15) is 0 Å². The lowest BCUT2D eigenvalue weighted by atomic mass is 9.88. The van der Waals surface area contributed by atoms with Gasteiger partial charge in [-0.2, -0.15) is 0 Å². The van der Waals surface area contributed by atoms with Crippen LogP contribution in [0.3, 0.4) is 0 Å². The maximum absolute atomic E-state index is 2.45. The third kappa shape index (κ3) is 5.04. The molecule has 0 N–H and O–H groups in total. The van der Waals surface area contributed by atoms with Crippen LogP contribution in [-0.2, 0) is 0 Å². The van der Waals surface area contributed by atoms with Crippen LogP contribution in [0.15, 0.2) is 188 Å². The largest absolute Gasteiger partial charge is 0.309 e. The third-order valence-electron chi connectivity index (χ3n) is 8.90. The van der Waals surface area contributed by atoms with Gasteiger partial charge in [0, 0.05) is 50.2 Å². The molecule has 0 aromatic heterocycles. The van der Waals surface area contributed by atoms with Crippen molar-refractivity contribution in [3.8, 4) is 0 Å². The van der Waals surface area contributed by atoms with Crippen molar-refractivity contribution >= 4 is 55.7 Å². The van der Waals surface area contributed by atoms with Gasteiger partial charge in [0.2, 0.25) is 0 Å². The summed E-state index contributed by atoms with van der Waals surface area (Å²) < 4.78 is 0. The van der Waals surface area contributed by atoms with Crippen LogP contribution in [-0.4, -0.2) is 0 Å². The normalized spacial score (nSPS) is 14.0. The van der Waals surface area contributed by atoms with Crippen molar-refractivity contribution in [3.05, 3.63) is 194 Å². The molecule has 0 bridgehead atoms. The Balaban J connectivity index is 1.52. The summed E-state index contributed by atoms with van der Waals surface area (Å²) in [7, 11) is 0. The molecule has 1 unspecified atom stereocenters. The van der Waals surface area contributed by atoms with Crippen LogP contribution in [0.2, 0.25) is 0 Å². The van der Waals surface area contributed by atoms with E-state index in [1.165, 1.54) is 38.5 Å². The highest BCUT2D eigenvalue weighted by Gasteiger charge is 2.26. The first-order valence-corrected chi connectivity index (χ1v) is 16.0. The predicted molar refractivity (Wildman–Crippen MR) is 196 cm³/mol. The van der Waals surface area contributed by atoms with Crippen molar-refractivity contribution in [1.29, 1.82) is 0 Å². The fourth-order valence-electron chi connectivity index (χ4n) is 6.81.